The molecule has 1 N–H and O–H groups in total. The van der Waals surface area contributed by atoms with Crippen molar-refractivity contribution in [2.45, 2.75) is 64.9 Å². The summed E-state index contributed by atoms with van der Waals surface area (Å²) in [6.45, 7) is 9.69. The third-order valence-corrected chi connectivity index (χ3v) is 8.44. The summed E-state index contributed by atoms with van der Waals surface area (Å²) in [5.74, 6) is -0.738. The van der Waals surface area contributed by atoms with Crippen molar-refractivity contribution in [3.63, 3.8) is 0 Å². The molecule has 208 valence electrons. The van der Waals surface area contributed by atoms with Gasteiger partial charge in [-0.05, 0) is 69.5 Å². The van der Waals surface area contributed by atoms with Crippen molar-refractivity contribution in [2.24, 2.45) is 0 Å². The maximum Gasteiger partial charge on any atom is 0.264 e. The van der Waals surface area contributed by atoms with Crippen molar-refractivity contribution in [2.75, 3.05) is 17.4 Å². The monoisotopic (exact) mass is 549 g/mol. The van der Waals surface area contributed by atoms with Crippen LogP contribution in [0, 0.1) is 20.8 Å². The van der Waals surface area contributed by atoms with E-state index >= 15 is 0 Å². The molecule has 0 aliphatic heterocycles. The van der Waals surface area contributed by atoms with Gasteiger partial charge in [0.1, 0.15) is 12.6 Å². The smallest absolute Gasteiger partial charge is 0.264 e. The van der Waals surface area contributed by atoms with E-state index < -0.39 is 28.5 Å². The summed E-state index contributed by atoms with van der Waals surface area (Å²) < 4.78 is 28.9. The zero-order chi connectivity index (χ0) is 28.6. The summed E-state index contributed by atoms with van der Waals surface area (Å²) in [6.07, 6.45) is 1.77. The van der Waals surface area contributed by atoms with Crippen molar-refractivity contribution >= 4 is 27.5 Å². The highest BCUT2D eigenvalue weighted by molar-refractivity contribution is 7.92. The Labute approximate surface area is 232 Å². The van der Waals surface area contributed by atoms with Gasteiger partial charge in [0.25, 0.3) is 10.0 Å². The molecule has 0 aliphatic carbocycles. The van der Waals surface area contributed by atoms with Crippen LogP contribution < -0.4 is 9.62 Å². The molecule has 8 heteroatoms. The van der Waals surface area contributed by atoms with Crippen LogP contribution in [0.15, 0.2) is 77.7 Å². The van der Waals surface area contributed by atoms with Gasteiger partial charge in [0.15, 0.2) is 0 Å². The molecule has 0 fully saturated rings. The highest BCUT2D eigenvalue weighted by atomic mass is 32.2. The van der Waals surface area contributed by atoms with Gasteiger partial charge in [-0.2, -0.15) is 0 Å². The van der Waals surface area contributed by atoms with Crippen LogP contribution in [0.5, 0.6) is 0 Å². The van der Waals surface area contributed by atoms with Crippen LogP contribution in [0.25, 0.3) is 0 Å². The molecule has 0 unspecified atom stereocenters. The van der Waals surface area contributed by atoms with E-state index in [2.05, 4.69) is 5.32 Å². The number of unbranched alkanes of at least 4 members (excludes halogenated alkanes) is 1. The lowest BCUT2D eigenvalue weighted by atomic mass is 10.1. The Kier molecular flexibility index (Phi) is 10.3. The Morgan fingerprint density at radius 3 is 2.08 bits per heavy atom. The first-order valence-electron chi connectivity index (χ1n) is 13.3. The molecular weight excluding hydrogens is 510 g/mol. The Morgan fingerprint density at radius 1 is 0.872 bits per heavy atom. The third-order valence-electron chi connectivity index (χ3n) is 6.65. The largest absolute Gasteiger partial charge is 0.354 e. The summed E-state index contributed by atoms with van der Waals surface area (Å²) in [5, 5.41) is 2.90. The van der Waals surface area contributed by atoms with Crippen LogP contribution in [0.3, 0.4) is 0 Å². The first-order valence-corrected chi connectivity index (χ1v) is 14.8. The van der Waals surface area contributed by atoms with E-state index in [1.165, 1.54) is 4.90 Å². The van der Waals surface area contributed by atoms with Gasteiger partial charge >= 0.3 is 0 Å². The summed E-state index contributed by atoms with van der Waals surface area (Å²) >= 11 is 0. The SMILES string of the molecule is CCCCNC(=O)[C@@H](C)N(Cc1ccc(C)cc1)C(=O)CN(c1cccc(C)c1)S(=O)(=O)c1ccc(C)cc1. The first-order chi connectivity index (χ1) is 18.5. The quantitative estimate of drug-likeness (QED) is 0.317. The molecule has 0 aliphatic rings. The summed E-state index contributed by atoms with van der Waals surface area (Å²) in [6, 6.07) is 20.5. The number of hydrogen-bond acceptors (Lipinski definition) is 4. The van der Waals surface area contributed by atoms with E-state index in [0.717, 1.165) is 39.4 Å². The minimum Gasteiger partial charge on any atom is -0.354 e. The van der Waals surface area contributed by atoms with E-state index in [1.54, 1.807) is 49.4 Å². The van der Waals surface area contributed by atoms with Crippen LogP contribution in [-0.2, 0) is 26.2 Å². The maximum atomic E-state index is 13.9. The summed E-state index contributed by atoms with van der Waals surface area (Å²) in [7, 11) is -4.07. The van der Waals surface area contributed by atoms with Crippen LogP contribution in [0.1, 0.15) is 48.9 Å². The molecule has 0 saturated carbocycles. The number of sulfonamides is 1. The fourth-order valence-electron chi connectivity index (χ4n) is 4.16. The normalized spacial score (nSPS) is 12.0. The van der Waals surface area contributed by atoms with Gasteiger partial charge in [-0.1, -0.05) is 73.0 Å². The molecule has 39 heavy (non-hydrogen) atoms. The Morgan fingerprint density at radius 2 is 1.49 bits per heavy atom. The molecule has 0 saturated heterocycles. The number of anilines is 1. The fourth-order valence-corrected chi connectivity index (χ4v) is 5.56. The minimum absolute atomic E-state index is 0.0952. The van der Waals surface area contributed by atoms with Gasteiger partial charge in [-0.15, -0.1) is 0 Å². The average molecular weight is 550 g/mol. The number of amides is 2. The highest BCUT2D eigenvalue weighted by Gasteiger charge is 2.32. The lowest BCUT2D eigenvalue weighted by Gasteiger charge is -2.32. The van der Waals surface area contributed by atoms with Gasteiger partial charge in [0.2, 0.25) is 11.8 Å². The predicted octanol–water partition coefficient (Wildman–Crippen LogP) is 5.14. The zero-order valence-corrected chi connectivity index (χ0v) is 24.3. The number of nitrogens with zero attached hydrogens (tertiary/aromatic N) is 2. The van der Waals surface area contributed by atoms with Crippen molar-refractivity contribution in [1.29, 1.82) is 0 Å². The standard InChI is InChI=1S/C31H39N3O4S/c1-6-7-19-32-31(36)26(5)33(21-27-15-11-23(2)12-16-27)30(35)22-34(28-10-8-9-25(4)20-28)39(37,38)29-17-13-24(3)14-18-29/h8-18,20,26H,6-7,19,21-22H2,1-5H3,(H,32,36)/t26-/m1/s1. The van der Waals surface area contributed by atoms with Crippen LogP contribution >= 0.6 is 0 Å². The van der Waals surface area contributed by atoms with Crippen molar-refractivity contribution in [1.82, 2.24) is 10.2 Å². The van der Waals surface area contributed by atoms with Gasteiger partial charge in [-0.25, -0.2) is 8.42 Å². The molecule has 3 aromatic carbocycles. The second-order valence-electron chi connectivity index (χ2n) is 9.99. The maximum absolute atomic E-state index is 13.9. The molecule has 2 amide bonds. The van der Waals surface area contributed by atoms with Crippen LogP contribution in [0.4, 0.5) is 5.69 Å². The van der Waals surface area contributed by atoms with E-state index in [1.807, 2.05) is 58.0 Å². The number of carbonyl (C=O) groups is 2. The van der Waals surface area contributed by atoms with Crippen LogP contribution in [0.2, 0.25) is 0 Å². The Hall–Kier alpha value is -3.65. The Bertz CT molecular complexity index is 1370. The molecule has 0 aromatic heterocycles. The molecule has 0 radical (unpaired) electrons. The zero-order valence-electron chi connectivity index (χ0n) is 23.5. The van der Waals surface area contributed by atoms with Gasteiger partial charge in [0.05, 0.1) is 10.6 Å². The molecular formula is C31H39N3O4S. The second-order valence-corrected chi connectivity index (χ2v) is 11.9. The van der Waals surface area contributed by atoms with E-state index in [4.69, 9.17) is 0 Å². The first kappa shape index (κ1) is 29.9. The molecule has 0 bridgehead atoms. The summed E-state index contributed by atoms with van der Waals surface area (Å²) in [5.41, 5.74) is 4.12. The van der Waals surface area contributed by atoms with E-state index in [-0.39, 0.29) is 17.3 Å². The van der Waals surface area contributed by atoms with E-state index in [0.29, 0.717) is 12.2 Å². The fraction of sp³-hybridized carbons (Fsp3) is 0.355. The average Bonchev–Trinajstić information content (AvgIpc) is 2.91. The topological polar surface area (TPSA) is 86.8 Å². The second kappa shape index (κ2) is 13.4. The highest BCUT2D eigenvalue weighted by Crippen LogP contribution is 2.25. The molecule has 0 heterocycles. The number of rotatable bonds is 12. The molecule has 1 atom stereocenters. The minimum atomic E-state index is -4.07. The number of benzene rings is 3. The lowest BCUT2D eigenvalue weighted by molar-refractivity contribution is -0.139. The third kappa shape index (κ3) is 7.93. The van der Waals surface area contributed by atoms with Gasteiger partial charge < -0.3 is 10.2 Å². The van der Waals surface area contributed by atoms with Crippen LogP contribution in [-0.4, -0.2) is 44.3 Å². The molecule has 7 nitrogen and oxygen atoms in total. The summed E-state index contributed by atoms with van der Waals surface area (Å²) in [4.78, 5) is 28.5. The molecule has 0 spiro atoms. The Balaban J connectivity index is 1.99. The number of carbonyl (C=O) groups excluding carboxylic acids is 2. The number of aryl methyl sites for hydroxylation is 3. The number of hydrogen-bond donors (Lipinski definition) is 1. The lowest BCUT2D eigenvalue weighted by Crippen LogP contribution is -2.51. The van der Waals surface area contributed by atoms with Crippen molar-refractivity contribution in [3.8, 4) is 0 Å². The van der Waals surface area contributed by atoms with Crippen molar-refractivity contribution < 1.29 is 18.0 Å². The molecule has 3 rings (SSSR count). The predicted molar refractivity (Wildman–Crippen MR) is 156 cm³/mol. The van der Waals surface area contributed by atoms with E-state index in [9.17, 15) is 18.0 Å². The number of nitrogens with one attached hydrogen (secondary N) is 1. The molecule has 3 aromatic rings. The van der Waals surface area contributed by atoms with Gasteiger partial charge in [0, 0.05) is 13.1 Å². The van der Waals surface area contributed by atoms with Gasteiger partial charge in [-0.3, -0.25) is 13.9 Å². The van der Waals surface area contributed by atoms with Crippen molar-refractivity contribution in [3.05, 3.63) is 95.1 Å².